The highest BCUT2D eigenvalue weighted by atomic mass is 16.1. The molecule has 2 unspecified atom stereocenters. The Hall–Kier alpha value is -7.06. The average Bonchev–Trinajstić information content (AvgIpc) is 3.99. The Balaban J connectivity index is 0.921. The molecular weight excluding hydrogens is 765 g/mol. The Morgan fingerprint density at radius 1 is 0.617 bits per heavy atom. The number of primary amides is 2. The zero-order valence-corrected chi connectivity index (χ0v) is 33.1. The number of carbonyl (C=O) groups excluding carboxylic acids is 2. The normalized spacial score (nSPS) is 19.6. The van der Waals surface area contributed by atoms with Crippen LogP contribution in [0.2, 0.25) is 0 Å². The number of nitrogens with two attached hydrogens (primary N) is 2. The molecule has 2 aromatic carbocycles. The minimum absolute atomic E-state index is 0.0318. The Bertz CT molecular complexity index is 2220. The van der Waals surface area contributed by atoms with Gasteiger partial charge in [-0.2, -0.15) is 40.0 Å². The van der Waals surface area contributed by atoms with E-state index >= 15 is 0 Å². The van der Waals surface area contributed by atoms with Gasteiger partial charge >= 0.3 is 0 Å². The molecule has 5 atom stereocenters. The van der Waals surface area contributed by atoms with Crippen molar-refractivity contribution in [2.75, 3.05) is 21.3 Å². The molecular formula is C40H48N18O2. The van der Waals surface area contributed by atoms with E-state index in [1.54, 1.807) is 24.8 Å². The van der Waals surface area contributed by atoms with Crippen LogP contribution in [0.25, 0.3) is 11.4 Å². The van der Waals surface area contributed by atoms with Crippen LogP contribution in [0.1, 0.15) is 79.0 Å². The first-order valence-electron chi connectivity index (χ1n) is 20.1. The van der Waals surface area contributed by atoms with Crippen LogP contribution in [0.4, 0.5) is 34.9 Å². The number of nitrogens with one attached hydrogen (secondary N) is 6. The van der Waals surface area contributed by atoms with E-state index in [2.05, 4.69) is 69.2 Å². The number of rotatable bonds is 16. The molecule has 10 N–H and O–H groups in total. The Morgan fingerprint density at radius 2 is 1.02 bits per heavy atom. The Kier molecular flexibility index (Phi) is 12.1. The first-order chi connectivity index (χ1) is 29.3. The number of benzene rings is 2. The van der Waals surface area contributed by atoms with E-state index in [4.69, 9.17) is 21.4 Å². The van der Waals surface area contributed by atoms with Crippen molar-refractivity contribution in [3.63, 3.8) is 0 Å². The summed E-state index contributed by atoms with van der Waals surface area (Å²) in [5, 5.41) is 38.0. The van der Waals surface area contributed by atoms with Crippen molar-refractivity contribution in [1.82, 2.24) is 60.6 Å². The second-order valence-electron chi connectivity index (χ2n) is 15.0. The van der Waals surface area contributed by atoms with Gasteiger partial charge in [-0.3, -0.25) is 20.2 Å². The highest BCUT2D eigenvalue weighted by Gasteiger charge is 2.31. The number of aromatic nitrogens is 10. The van der Waals surface area contributed by atoms with Crippen molar-refractivity contribution in [1.29, 1.82) is 0 Å². The van der Waals surface area contributed by atoms with E-state index in [-0.39, 0.29) is 41.5 Å². The van der Waals surface area contributed by atoms with Crippen LogP contribution in [0, 0.1) is 0 Å². The molecule has 0 spiro atoms. The fourth-order valence-electron chi connectivity index (χ4n) is 7.87. The molecule has 2 aliphatic carbocycles. The van der Waals surface area contributed by atoms with Crippen LogP contribution in [-0.4, -0.2) is 92.1 Å². The van der Waals surface area contributed by atoms with Crippen molar-refractivity contribution < 1.29 is 9.59 Å². The topological polar surface area (TPSA) is 271 Å². The Morgan fingerprint density at radius 3 is 1.42 bits per heavy atom. The third kappa shape index (κ3) is 9.62. The predicted molar refractivity (Wildman–Crippen MR) is 225 cm³/mol. The van der Waals surface area contributed by atoms with Gasteiger partial charge in [-0.05, 0) is 69.0 Å². The maximum atomic E-state index is 12.4. The average molecular weight is 813 g/mol. The lowest BCUT2D eigenvalue weighted by atomic mass is 9.89. The molecule has 2 aliphatic rings. The summed E-state index contributed by atoms with van der Waals surface area (Å²) < 4.78 is 0. The summed E-state index contributed by atoms with van der Waals surface area (Å²) in [6.07, 6.45) is 17.3. The van der Waals surface area contributed by atoms with E-state index in [1.165, 1.54) is 22.0 Å². The lowest BCUT2D eigenvalue weighted by molar-refractivity contribution is 0.0992. The summed E-state index contributed by atoms with van der Waals surface area (Å²) in [5.41, 5.74) is 14.6. The molecule has 60 heavy (non-hydrogen) atoms. The second-order valence-corrected chi connectivity index (χ2v) is 15.0. The molecule has 8 rings (SSSR count). The molecule has 2 fully saturated rings. The number of nitrogens with zero attached hydrogens (tertiary/aromatic N) is 10. The fraction of sp³-hybridized carbons (Fsp3) is 0.350. The molecule has 0 saturated heterocycles. The maximum absolute atomic E-state index is 12.4. The van der Waals surface area contributed by atoms with Crippen LogP contribution < -0.4 is 43.4 Å². The molecule has 0 aliphatic heterocycles. The SMILES string of the molecule is CC(NC1CCCC[C@H]1Nc1ncc(C(N)=O)c(Nc2cccc(-n3nccn3)c2)n1)N[C@H]1CCCC[C@H]1Nc1ncc(C(N)=O)c(Nc2cccc(-n3nccn3)c2)n1. The number of anilines is 6. The van der Waals surface area contributed by atoms with Crippen LogP contribution in [0.3, 0.4) is 0 Å². The van der Waals surface area contributed by atoms with Gasteiger partial charge in [0.05, 0.1) is 42.3 Å². The van der Waals surface area contributed by atoms with Crippen molar-refractivity contribution in [2.24, 2.45) is 11.5 Å². The standard InChI is InChI=1S/C40H48N18O2/c1-24(49-31-12-2-4-14-33(31)53-39-43-22-29(35(41)59)37(55-39)51-25-8-6-10-27(20-25)57-45-16-17-46-57)50-32-13-3-5-15-34(32)54-40-44-23-30(36(42)60)38(56-40)52-26-9-7-11-28(21-26)58-47-18-19-48-58/h6-11,16-24,31-34,49-50H,2-5,12-15H2,1H3,(H2,41,59)(H2,42,60)(H2,43,51,53,55)(H2,44,52,54,56)/t24?,31-,32?,33+,34+/m0/s1. The monoisotopic (exact) mass is 812 g/mol. The molecule has 4 heterocycles. The van der Waals surface area contributed by atoms with Crippen LogP contribution >= 0.6 is 0 Å². The van der Waals surface area contributed by atoms with E-state index in [9.17, 15) is 9.59 Å². The maximum Gasteiger partial charge on any atom is 0.254 e. The molecule has 2 amide bonds. The van der Waals surface area contributed by atoms with E-state index in [0.29, 0.717) is 34.9 Å². The van der Waals surface area contributed by atoms with Gasteiger partial charge in [0.1, 0.15) is 22.8 Å². The summed E-state index contributed by atoms with van der Waals surface area (Å²) in [6, 6.07) is 15.2. The highest BCUT2D eigenvalue weighted by molar-refractivity contribution is 5.98. The van der Waals surface area contributed by atoms with Gasteiger partial charge in [0.25, 0.3) is 11.8 Å². The molecule has 6 aromatic rings. The molecule has 0 bridgehead atoms. The molecule has 0 radical (unpaired) electrons. The third-order valence-corrected chi connectivity index (χ3v) is 10.7. The number of carbonyl (C=O) groups is 2. The van der Waals surface area contributed by atoms with Gasteiger partial charge in [-0.1, -0.05) is 37.8 Å². The van der Waals surface area contributed by atoms with Crippen molar-refractivity contribution in [3.05, 3.63) is 96.8 Å². The molecule has 4 aromatic heterocycles. The second kappa shape index (κ2) is 18.2. The minimum Gasteiger partial charge on any atom is -0.365 e. The van der Waals surface area contributed by atoms with Gasteiger partial charge in [-0.15, -0.1) is 0 Å². The van der Waals surface area contributed by atoms with Crippen LogP contribution in [0.5, 0.6) is 0 Å². The number of amides is 2. The van der Waals surface area contributed by atoms with E-state index in [1.807, 2.05) is 48.5 Å². The smallest absolute Gasteiger partial charge is 0.254 e. The predicted octanol–water partition coefficient (Wildman–Crippen LogP) is 3.78. The van der Waals surface area contributed by atoms with Crippen molar-refractivity contribution in [2.45, 2.75) is 88.6 Å². The summed E-state index contributed by atoms with van der Waals surface area (Å²) in [6.45, 7) is 2.14. The third-order valence-electron chi connectivity index (χ3n) is 10.7. The summed E-state index contributed by atoms with van der Waals surface area (Å²) in [7, 11) is 0. The largest absolute Gasteiger partial charge is 0.365 e. The van der Waals surface area contributed by atoms with Crippen LogP contribution in [-0.2, 0) is 0 Å². The van der Waals surface area contributed by atoms with Gasteiger partial charge in [0.2, 0.25) is 11.9 Å². The summed E-state index contributed by atoms with van der Waals surface area (Å²) in [5.74, 6) is 0.0937. The quantitative estimate of drug-likeness (QED) is 0.0646. The molecule has 20 heteroatoms. The summed E-state index contributed by atoms with van der Waals surface area (Å²) >= 11 is 0. The zero-order chi connectivity index (χ0) is 41.4. The van der Waals surface area contributed by atoms with Gasteiger partial charge < -0.3 is 32.7 Å². The van der Waals surface area contributed by atoms with Gasteiger partial charge in [0, 0.05) is 47.9 Å². The van der Waals surface area contributed by atoms with Gasteiger partial charge in [0.15, 0.2) is 0 Å². The fourth-order valence-corrected chi connectivity index (χ4v) is 7.87. The van der Waals surface area contributed by atoms with Crippen molar-refractivity contribution in [3.8, 4) is 11.4 Å². The lowest BCUT2D eigenvalue weighted by Gasteiger charge is -2.38. The number of hydrogen-bond donors (Lipinski definition) is 8. The van der Waals surface area contributed by atoms with E-state index < -0.39 is 11.8 Å². The van der Waals surface area contributed by atoms with E-state index in [0.717, 1.165) is 62.7 Å². The molecule has 2 saturated carbocycles. The van der Waals surface area contributed by atoms with Crippen LogP contribution in [0.15, 0.2) is 85.7 Å². The first-order valence-corrected chi connectivity index (χ1v) is 20.1. The molecule has 20 nitrogen and oxygen atoms in total. The number of hydrogen-bond acceptors (Lipinski definition) is 16. The van der Waals surface area contributed by atoms with Gasteiger partial charge in [-0.25, -0.2) is 9.97 Å². The lowest BCUT2D eigenvalue weighted by Crippen LogP contribution is -2.58. The summed E-state index contributed by atoms with van der Waals surface area (Å²) in [4.78, 5) is 46.2. The Labute approximate surface area is 345 Å². The highest BCUT2D eigenvalue weighted by Crippen LogP contribution is 2.27. The minimum atomic E-state index is -0.640. The van der Waals surface area contributed by atoms with Crippen molar-refractivity contribution >= 4 is 46.7 Å². The first kappa shape index (κ1) is 39.8. The zero-order valence-electron chi connectivity index (χ0n) is 33.1. The molecule has 310 valence electrons.